The monoisotopic (exact) mass is 177 g/mol. The van der Waals surface area contributed by atoms with Crippen molar-refractivity contribution in [1.29, 1.82) is 0 Å². The van der Waals surface area contributed by atoms with Crippen LogP contribution in [-0.4, -0.2) is 31.1 Å². The number of hydrogen-bond acceptors (Lipinski definition) is 2. The Balaban J connectivity index is 1.68. The molecule has 1 aromatic carbocycles. The van der Waals surface area contributed by atoms with Gasteiger partial charge < -0.3 is 4.74 Å². The minimum Gasteiger partial charge on any atom is -0.375 e. The van der Waals surface area contributed by atoms with Gasteiger partial charge in [0.05, 0.1) is 13.2 Å². The van der Waals surface area contributed by atoms with E-state index in [0.717, 1.165) is 13.2 Å². The van der Waals surface area contributed by atoms with Gasteiger partial charge in [0, 0.05) is 12.6 Å². The number of nitrogens with zero attached hydrogens (tertiary/aromatic N) is 1. The van der Waals surface area contributed by atoms with Crippen LogP contribution in [0.1, 0.15) is 5.56 Å². The van der Waals surface area contributed by atoms with Crippen LogP contribution in [-0.2, 0) is 11.3 Å². The van der Waals surface area contributed by atoms with Crippen molar-refractivity contribution >= 4 is 0 Å². The normalized spacial score (nSPS) is 25.9. The first kappa shape index (κ1) is 8.73. The fourth-order valence-corrected chi connectivity index (χ4v) is 1.35. The van der Waals surface area contributed by atoms with Crippen molar-refractivity contribution in [3.8, 4) is 0 Å². The van der Waals surface area contributed by atoms with Gasteiger partial charge in [0.25, 0.3) is 0 Å². The van der Waals surface area contributed by atoms with Crippen molar-refractivity contribution in [2.75, 3.05) is 20.2 Å². The van der Waals surface area contributed by atoms with Crippen LogP contribution in [0.2, 0.25) is 0 Å². The van der Waals surface area contributed by atoms with Crippen LogP contribution in [0.5, 0.6) is 0 Å². The summed E-state index contributed by atoms with van der Waals surface area (Å²) in [5, 5.41) is 0. The van der Waals surface area contributed by atoms with Gasteiger partial charge in [-0.25, -0.2) is 0 Å². The van der Waals surface area contributed by atoms with Crippen molar-refractivity contribution < 1.29 is 4.74 Å². The number of likely N-dealkylation sites (N-methyl/N-ethyl adjacent to an activating group) is 1. The summed E-state index contributed by atoms with van der Waals surface area (Å²) >= 11 is 0. The number of benzene rings is 1. The lowest BCUT2D eigenvalue weighted by molar-refractivity contribution is 0.116. The predicted molar refractivity (Wildman–Crippen MR) is 52.5 cm³/mol. The van der Waals surface area contributed by atoms with Crippen molar-refractivity contribution in [1.82, 2.24) is 4.90 Å². The quantitative estimate of drug-likeness (QED) is 0.646. The molecule has 0 saturated carbocycles. The Kier molecular flexibility index (Phi) is 2.62. The first-order chi connectivity index (χ1) is 6.36. The first-order valence-electron chi connectivity index (χ1n) is 4.68. The summed E-state index contributed by atoms with van der Waals surface area (Å²) in [4.78, 5) is 2.28. The third-order valence-electron chi connectivity index (χ3n) is 2.41. The smallest absolute Gasteiger partial charge is 0.0717 e. The molecule has 13 heavy (non-hydrogen) atoms. The first-order valence-corrected chi connectivity index (χ1v) is 4.68. The molecule has 70 valence electrons. The minimum absolute atomic E-state index is 0.670. The Morgan fingerprint density at radius 1 is 1.38 bits per heavy atom. The molecule has 1 aliphatic rings. The van der Waals surface area contributed by atoms with E-state index in [1.807, 2.05) is 18.2 Å². The zero-order valence-electron chi connectivity index (χ0n) is 7.94. The van der Waals surface area contributed by atoms with Gasteiger partial charge in [0.15, 0.2) is 0 Å². The van der Waals surface area contributed by atoms with Crippen LogP contribution in [0.15, 0.2) is 30.3 Å². The second-order valence-electron chi connectivity index (χ2n) is 3.59. The molecular weight excluding hydrogens is 162 g/mol. The zero-order chi connectivity index (χ0) is 9.10. The van der Waals surface area contributed by atoms with Crippen molar-refractivity contribution in [3.05, 3.63) is 35.9 Å². The lowest BCUT2D eigenvalue weighted by atomic mass is 10.2. The van der Waals surface area contributed by atoms with Crippen LogP contribution < -0.4 is 0 Å². The molecule has 1 saturated heterocycles. The molecule has 1 aliphatic heterocycles. The van der Waals surface area contributed by atoms with Crippen LogP contribution in [0.4, 0.5) is 0 Å². The van der Waals surface area contributed by atoms with E-state index in [9.17, 15) is 0 Å². The summed E-state index contributed by atoms with van der Waals surface area (Å²) in [5.41, 5.74) is 1.26. The second kappa shape index (κ2) is 3.90. The Labute approximate surface area is 79.1 Å². The molecule has 0 aliphatic carbocycles. The average Bonchev–Trinajstić information content (AvgIpc) is 2.84. The van der Waals surface area contributed by atoms with E-state index in [2.05, 4.69) is 24.1 Å². The van der Waals surface area contributed by atoms with E-state index in [0.29, 0.717) is 6.04 Å². The maximum Gasteiger partial charge on any atom is 0.0717 e. The highest BCUT2D eigenvalue weighted by Crippen LogP contribution is 2.13. The SMILES string of the molecule is CN1CC1COCc1ccccc1. The molecule has 2 unspecified atom stereocenters. The van der Waals surface area contributed by atoms with Gasteiger partial charge in [0.1, 0.15) is 0 Å². The van der Waals surface area contributed by atoms with Gasteiger partial charge in [-0.15, -0.1) is 0 Å². The Bertz CT molecular complexity index is 260. The zero-order valence-corrected chi connectivity index (χ0v) is 7.94. The number of rotatable bonds is 4. The summed E-state index contributed by atoms with van der Waals surface area (Å²) in [6.07, 6.45) is 0. The van der Waals surface area contributed by atoms with E-state index in [1.165, 1.54) is 12.1 Å². The maximum absolute atomic E-state index is 5.57. The Morgan fingerprint density at radius 3 is 2.69 bits per heavy atom. The largest absolute Gasteiger partial charge is 0.375 e. The van der Waals surface area contributed by atoms with Gasteiger partial charge in [-0.05, 0) is 12.6 Å². The summed E-state index contributed by atoms with van der Waals surface area (Å²) in [6.45, 7) is 2.80. The molecule has 0 spiro atoms. The molecule has 1 heterocycles. The molecule has 0 amide bonds. The molecule has 2 heteroatoms. The molecule has 0 aromatic heterocycles. The summed E-state index contributed by atoms with van der Waals surface area (Å²) in [7, 11) is 2.12. The average molecular weight is 177 g/mol. The topological polar surface area (TPSA) is 12.2 Å². The van der Waals surface area contributed by atoms with Gasteiger partial charge in [-0.1, -0.05) is 30.3 Å². The second-order valence-corrected chi connectivity index (χ2v) is 3.59. The molecular formula is C11H15NO. The molecule has 0 radical (unpaired) electrons. The molecule has 2 rings (SSSR count). The van der Waals surface area contributed by atoms with Crippen molar-refractivity contribution in [2.45, 2.75) is 12.6 Å². The highest BCUT2D eigenvalue weighted by Gasteiger charge is 2.29. The van der Waals surface area contributed by atoms with E-state index < -0.39 is 0 Å². The van der Waals surface area contributed by atoms with Crippen molar-refractivity contribution in [2.24, 2.45) is 0 Å². The van der Waals surface area contributed by atoms with Gasteiger partial charge in [-0.3, -0.25) is 4.90 Å². The molecule has 1 fully saturated rings. The molecule has 2 nitrogen and oxygen atoms in total. The lowest BCUT2D eigenvalue weighted by Gasteiger charge is -2.02. The summed E-state index contributed by atoms with van der Waals surface area (Å²) < 4.78 is 5.57. The molecule has 0 bridgehead atoms. The van der Waals surface area contributed by atoms with Gasteiger partial charge in [-0.2, -0.15) is 0 Å². The fourth-order valence-electron chi connectivity index (χ4n) is 1.35. The fraction of sp³-hybridized carbons (Fsp3) is 0.455. The van der Waals surface area contributed by atoms with Crippen LogP contribution in [0.25, 0.3) is 0 Å². The minimum atomic E-state index is 0.670. The van der Waals surface area contributed by atoms with E-state index in [4.69, 9.17) is 4.74 Å². The standard InChI is InChI=1S/C11H15NO/c1-12-7-11(12)9-13-8-10-5-3-2-4-6-10/h2-6,11H,7-9H2,1H3. The summed E-state index contributed by atoms with van der Waals surface area (Å²) in [6, 6.07) is 11.0. The Morgan fingerprint density at radius 2 is 2.08 bits per heavy atom. The molecule has 2 atom stereocenters. The van der Waals surface area contributed by atoms with Gasteiger partial charge in [0.2, 0.25) is 0 Å². The van der Waals surface area contributed by atoms with E-state index >= 15 is 0 Å². The van der Waals surface area contributed by atoms with E-state index in [-0.39, 0.29) is 0 Å². The van der Waals surface area contributed by atoms with Crippen LogP contribution >= 0.6 is 0 Å². The highest BCUT2D eigenvalue weighted by atomic mass is 16.5. The predicted octanol–water partition coefficient (Wildman–Crippen LogP) is 1.52. The van der Waals surface area contributed by atoms with Crippen molar-refractivity contribution in [3.63, 3.8) is 0 Å². The summed E-state index contributed by atoms with van der Waals surface area (Å²) in [5.74, 6) is 0. The third-order valence-corrected chi connectivity index (χ3v) is 2.41. The van der Waals surface area contributed by atoms with Gasteiger partial charge >= 0.3 is 0 Å². The Hall–Kier alpha value is -0.860. The maximum atomic E-state index is 5.57. The lowest BCUT2D eigenvalue weighted by Crippen LogP contribution is -2.05. The number of hydrogen-bond donors (Lipinski definition) is 0. The van der Waals surface area contributed by atoms with Crippen LogP contribution in [0, 0.1) is 0 Å². The number of ether oxygens (including phenoxy) is 1. The van der Waals surface area contributed by atoms with E-state index in [1.54, 1.807) is 0 Å². The van der Waals surface area contributed by atoms with Crippen LogP contribution in [0.3, 0.4) is 0 Å². The third kappa shape index (κ3) is 2.54. The molecule has 0 N–H and O–H groups in total. The highest BCUT2D eigenvalue weighted by molar-refractivity contribution is 5.13. The molecule has 1 aromatic rings.